The maximum absolute atomic E-state index is 12.2. The van der Waals surface area contributed by atoms with E-state index >= 15 is 0 Å². The van der Waals surface area contributed by atoms with Crippen LogP contribution in [0.3, 0.4) is 0 Å². The van der Waals surface area contributed by atoms with Crippen molar-refractivity contribution >= 4 is 0 Å². The molecule has 12 heavy (non-hydrogen) atoms. The third-order valence-electron chi connectivity index (χ3n) is 1.17. The van der Waals surface area contributed by atoms with Gasteiger partial charge in [-0.15, -0.1) is 0 Å². The molecular weight excluding hydrogens is 178 g/mol. The Balaban J connectivity index is 3.80. The van der Waals surface area contributed by atoms with Gasteiger partial charge in [0.15, 0.2) is 0 Å². The normalized spacial score (nSPS) is 16.2. The van der Waals surface area contributed by atoms with Crippen molar-refractivity contribution in [1.82, 2.24) is 0 Å². The molecule has 0 aliphatic rings. The monoisotopic (exact) mass is 189 g/mol. The van der Waals surface area contributed by atoms with Gasteiger partial charge in [-0.2, -0.15) is 8.78 Å². The molecule has 2 N–H and O–H groups in total. The van der Waals surface area contributed by atoms with Gasteiger partial charge in [-0.05, 0) is 0 Å². The lowest BCUT2D eigenvalue weighted by Crippen LogP contribution is -2.43. The van der Waals surface area contributed by atoms with Crippen molar-refractivity contribution in [2.45, 2.75) is 31.9 Å². The minimum atomic E-state index is -3.41. The van der Waals surface area contributed by atoms with Crippen LogP contribution in [0.4, 0.5) is 17.6 Å². The molecule has 0 aromatic carbocycles. The number of alkyl halides is 4. The smallest absolute Gasteiger partial charge is 0.321 e. The fourth-order valence-corrected chi connectivity index (χ4v) is 0.382. The lowest BCUT2D eigenvalue weighted by atomic mass is 10.2. The van der Waals surface area contributed by atoms with Gasteiger partial charge in [-0.3, -0.25) is 0 Å². The molecule has 1 unspecified atom stereocenters. The summed E-state index contributed by atoms with van der Waals surface area (Å²) in [5.74, 6) is -3.20. The molecule has 0 spiro atoms. The fraction of sp³-hybridized carbons (Fsp3) is 1.00. The van der Waals surface area contributed by atoms with Gasteiger partial charge in [-0.25, -0.2) is 8.78 Å². The van der Waals surface area contributed by atoms with E-state index in [0.29, 0.717) is 13.8 Å². The van der Waals surface area contributed by atoms with Crippen molar-refractivity contribution < 1.29 is 22.3 Å². The summed E-state index contributed by atoms with van der Waals surface area (Å²) >= 11 is 0. The van der Waals surface area contributed by atoms with Gasteiger partial charge in [-0.1, -0.05) is 0 Å². The van der Waals surface area contributed by atoms with Crippen LogP contribution in [0.1, 0.15) is 13.8 Å². The fourth-order valence-electron chi connectivity index (χ4n) is 0.382. The van der Waals surface area contributed by atoms with Gasteiger partial charge in [0.05, 0.1) is 12.6 Å². The van der Waals surface area contributed by atoms with Crippen molar-refractivity contribution in [1.29, 1.82) is 0 Å². The molecule has 0 fully saturated rings. The summed E-state index contributed by atoms with van der Waals surface area (Å²) < 4.78 is 52.2. The molecule has 0 saturated carbocycles. The molecule has 1 atom stereocenters. The topological polar surface area (TPSA) is 35.2 Å². The predicted octanol–water partition coefficient (Wildman–Crippen LogP) is 1.60. The van der Waals surface area contributed by atoms with Crippen LogP contribution in [0.5, 0.6) is 0 Å². The predicted molar refractivity (Wildman–Crippen MR) is 35.2 cm³/mol. The molecule has 74 valence electrons. The van der Waals surface area contributed by atoms with E-state index in [1.807, 2.05) is 0 Å². The third kappa shape index (κ3) is 5.31. The summed E-state index contributed by atoms with van der Waals surface area (Å²) in [4.78, 5) is 0. The van der Waals surface area contributed by atoms with Crippen molar-refractivity contribution in [3.63, 3.8) is 0 Å². The Morgan fingerprint density at radius 2 is 1.67 bits per heavy atom. The van der Waals surface area contributed by atoms with Gasteiger partial charge in [0, 0.05) is 13.8 Å². The van der Waals surface area contributed by atoms with Crippen molar-refractivity contribution in [3.05, 3.63) is 0 Å². The van der Waals surface area contributed by atoms with Crippen LogP contribution in [0.2, 0.25) is 0 Å². The van der Waals surface area contributed by atoms with E-state index in [9.17, 15) is 17.6 Å². The van der Waals surface area contributed by atoms with E-state index in [2.05, 4.69) is 4.74 Å². The lowest BCUT2D eigenvalue weighted by Gasteiger charge is -2.20. The van der Waals surface area contributed by atoms with Crippen molar-refractivity contribution in [3.8, 4) is 0 Å². The number of hydrogen-bond donors (Lipinski definition) is 1. The van der Waals surface area contributed by atoms with Crippen LogP contribution >= 0.6 is 0 Å². The Labute approximate surface area is 67.7 Å². The lowest BCUT2D eigenvalue weighted by molar-refractivity contribution is -0.233. The number of hydrogen-bond acceptors (Lipinski definition) is 2. The minimum absolute atomic E-state index is 0.466. The number of rotatable bonds is 4. The Bertz CT molecular complexity index is 139. The van der Waals surface area contributed by atoms with E-state index in [4.69, 9.17) is 5.73 Å². The van der Waals surface area contributed by atoms with E-state index < -0.39 is 24.7 Å². The molecule has 0 saturated heterocycles. The first kappa shape index (κ1) is 11.6. The summed E-state index contributed by atoms with van der Waals surface area (Å²) in [5.41, 5.74) is 4.85. The van der Waals surface area contributed by atoms with Crippen LogP contribution < -0.4 is 5.73 Å². The summed E-state index contributed by atoms with van der Waals surface area (Å²) in [6, 6.07) is -1.71. The molecule has 0 radical (unpaired) electrons. The van der Waals surface area contributed by atoms with Gasteiger partial charge in [0.1, 0.15) is 0 Å². The van der Waals surface area contributed by atoms with Crippen LogP contribution in [-0.4, -0.2) is 24.7 Å². The molecule has 6 heteroatoms. The van der Waals surface area contributed by atoms with Gasteiger partial charge < -0.3 is 10.5 Å². The van der Waals surface area contributed by atoms with E-state index in [-0.39, 0.29) is 0 Å². The van der Waals surface area contributed by atoms with E-state index in [1.165, 1.54) is 0 Å². The third-order valence-corrected chi connectivity index (χ3v) is 1.17. The largest absolute Gasteiger partial charge is 0.352 e. The standard InChI is InChI=1S/C6H11F4NO/c1-5(7,8)4(11)3-12-6(2,9)10/h4H,3,11H2,1-2H3. The average molecular weight is 189 g/mol. The summed E-state index contributed by atoms with van der Waals surface area (Å²) in [5, 5.41) is 0. The maximum atomic E-state index is 12.2. The SMILES string of the molecule is CC(F)(F)OCC(N)C(C)(F)F. The summed E-state index contributed by atoms with van der Waals surface area (Å²) in [6.45, 7) is 0.148. The van der Waals surface area contributed by atoms with Crippen LogP contribution in [-0.2, 0) is 4.74 Å². The molecule has 0 aromatic heterocycles. The summed E-state index contributed by atoms with van der Waals surface area (Å²) in [7, 11) is 0. The highest BCUT2D eigenvalue weighted by molar-refractivity contribution is 4.75. The molecule has 0 bridgehead atoms. The molecule has 0 rings (SSSR count). The van der Waals surface area contributed by atoms with Gasteiger partial charge in [0.2, 0.25) is 0 Å². The Morgan fingerprint density at radius 1 is 1.25 bits per heavy atom. The highest BCUT2D eigenvalue weighted by Crippen LogP contribution is 2.19. The van der Waals surface area contributed by atoms with E-state index in [0.717, 1.165) is 0 Å². The van der Waals surface area contributed by atoms with Gasteiger partial charge >= 0.3 is 6.11 Å². The van der Waals surface area contributed by atoms with Crippen LogP contribution in [0.15, 0.2) is 0 Å². The molecule has 0 amide bonds. The number of ether oxygens (including phenoxy) is 1. The Morgan fingerprint density at radius 3 is 1.92 bits per heavy atom. The first-order valence-corrected chi connectivity index (χ1v) is 3.28. The molecule has 0 aliphatic heterocycles. The maximum Gasteiger partial charge on any atom is 0.352 e. The Kier molecular flexibility index (Phi) is 3.46. The second-order valence-electron chi connectivity index (χ2n) is 2.68. The highest BCUT2D eigenvalue weighted by atomic mass is 19.3. The number of halogens is 4. The van der Waals surface area contributed by atoms with Crippen molar-refractivity contribution in [2.24, 2.45) is 5.73 Å². The van der Waals surface area contributed by atoms with Crippen molar-refractivity contribution in [2.75, 3.05) is 6.61 Å². The van der Waals surface area contributed by atoms with Gasteiger partial charge in [0.25, 0.3) is 5.92 Å². The molecular formula is C6H11F4NO. The molecule has 0 aliphatic carbocycles. The quantitative estimate of drug-likeness (QED) is 0.681. The minimum Gasteiger partial charge on any atom is -0.321 e. The first-order valence-electron chi connectivity index (χ1n) is 3.28. The zero-order chi connectivity index (χ0) is 9.99. The summed E-state index contributed by atoms with van der Waals surface area (Å²) in [6.07, 6.45) is -3.41. The molecule has 2 nitrogen and oxygen atoms in total. The zero-order valence-corrected chi connectivity index (χ0v) is 6.78. The average Bonchev–Trinajstić information content (AvgIpc) is 1.78. The van der Waals surface area contributed by atoms with Crippen LogP contribution in [0, 0.1) is 0 Å². The molecule has 0 heterocycles. The van der Waals surface area contributed by atoms with E-state index in [1.54, 1.807) is 0 Å². The first-order chi connectivity index (χ1) is 5.13. The Hall–Kier alpha value is -0.360. The zero-order valence-electron chi connectivity index (χ0n) is 6.78. The second kappa shape index (κ2) is 3.57. The number of nitrogens with two attached hydrogens (primary N) is 1. The molecule has 0 aromatic rings. The van der Waals surface area contributed by atoms with Crippen LogP contribution in [0.25, 0.3) is 0 Å². The highest BCUT2D eigenvalue weighted by Gasteiger charge is 2.33. The second-order valence-corrected chi connectivity index (χ2v) is 2.68.